The van der Waals surface area contributed by atoms with Gasteiger partial charge in [-0.05, 0) is 102 Å². The average molecular weight is 1020 g/mol. The van der Waals surface area contributed by atoms with Crippen LogP contribution in [0.2, 0.25) is 0 Å². The van der Waals surface area contributed by atoms with Crippen LogP contribution < -0.4 is 4.72 Å². The Labute approximate surface area is 422 Å². The number of ketones is 3. The Balaban J connectivity index is 1.65. The number of amides is 1. The van der Waals surface area contributed by atoms with Crippen LogP contribution in [-0.2, 0) is 62.4 Å². The maximum Gasteiger partial charge on any atom is 0.328 e. The first-order valence-electron chi connectivity index (χ1n) is 25.5. The summed E-state index contributed by atoms with van der Waals surface area (Å²) >= 11 is 0. The highest BCUT2D eigenvalue weighted by molar-refractivity contribution is 7.88. The van der Waals surface area contributed by atoms with E-state index >= 15 is 0 Å². The molecule has 402 valence electrons. The van der Waals surface area contributed by atoms with E-state index in [-0.39, 0.29) is 54.9 Å². The Hall–Kier alpha value is -3.46. The van der Waals surface area contributed by atoms with Crippen LogP contribution in [0.15, 0.2) is 47.6 Å². The molecular formula is C53H84N2O15S. The van der Waals surface area contributed by atoms with Gasteiger partial charge < -0.3 is 43.5 Å². The number of nitrogens with zero attached hydrogens (tertiary/aromatic N) is 1. The van der Waals surface area contributed by atoms with Gasteiger partial charge in [-0.25, -0.2) is 17.9 Å². The number of hydrogen-bond donors (Lipinski definition) is 3. The van der Waals surface area contributed by atoms with Crippen molar-refractivity contribution < 1.29 is 71.0 Å². The van der Waals surface area contributed by atoms with E-state index in [1.165, 1.54) is 21.1 Å². The highest BCUT2D eigenvalue weighted by Crippen LogP contribution is 2.37. The van der Waals surface area contributed by atoms with Crippen molar-refractivity contribution in [3.8, 4) is 0 Å². The van der Waals surface area contributed by atoms with E-state index in [9.17, 15) is 42.6 Å². The number of esters is 1. The third kappa shape index (κ3) is 17.3. The maximum atomic E-state index is 14.2. The monoisotopic (exact) mass is 1020 g/mol. The molecule has 1 amide bonds. The first kappa shape index (κ1) is 60.1. The van der Waals surface area contributed by atoms with Gasteiger partial charge >= 0.3 is 5.97 Å². The molecule has 0 aromatic heterocycles. The van der Waals surface area contributed by atoms with E-state index in [1.54, 1.807) is 72.1 Å². The van der Waals surface area contributed by atoms with E-state index in [4.69, 9.17) is 28.4 Å². The Morgan fingerprint density at radius 3 is 2.27 bits per heavy atom. The minimum Gasteiger partial charge on any atom is -0.460 e. The van der Waals surface area contributed by atoms with Gasteiger partial charge in [-0.2, -0.15) is 0 Å². The molecule has 3 heterocycles. The topological polar surface area (TPSA) is 231 Å². The van der Waals surface area contributed by atoms with Crippen molar-refractivity contribution in [3.05, 3.63) is 47.6 Å². The summed E-state index contributed by atoms with van der Waals surface area (Å²) in [7, 11) is 0.532. The lowest BCUT2D eigenvalue weighted by molar-refractivity contribution is -0.263. The number of aliphatic hydroxyl groups excluding tert-OH is 1. The molecule has 3 N–H and O–H groups in total. The molecule has 0 radical (unpaired) electrons. The summed E-state index contributed by atoms with van der Waals surface area (Å²) in [4.78, 5) is 70.8. The van der Waals surface area contributed by atoms with Gasteiger partial charge in [-0.15, -0.1) is 0 Å². The van der Waals surface area contributed by atoms with Gasteiger partial charge in [0, 0.05) is 64.0 Å². The summed E-state index contributed by atoms with van der Waals surface area (Å²) in [6, 6.07) is -2.14. The number of rotatable bonds is 10. The number of sulfonamides is 1. The summed E-state index contributed by atoms with van der Waals surface area (Å²) in [5, 5.41) is 23.3. The number of likely N-dealkylation sites (N-methyl/N-ethyl adjacent to an activating group) is 1. The normalized spacial score (nSPS) is 38.4. The lowest BCUT2D eigenvalue weighted by atomic mass is 9.78. The predicted molar refractivity (Wildman–Crippen MR) is 267 cm³/mol. The van der Waals surface area contributed by atoms with Crippen molar-refractivity contribution in [2.24, 2.45) is 35.5 Å². The molecule has 2 saturated heterocycles. The molecule has 0 aromatic rings. The number of nitrogens with one attached hydrogen (secondary N) is 1. The van der Waals surface area contributed by atoms with E-state index in [0.29, 0.717) is 62.4 Å². The minimum atomic E-state index is -3.74. The first-order chi connectivity index (χ1) is 33.4. The number of aliphatic hydroxyl groups is 2. The summed E-state index contributed by atoms with van der Waals surface area (Å²) in [5.41, 5.74) is 0.974. The molecule has 3 aliphatic heterocycles. The molecular weight excluding hydrogens is 937 g/mol. The zero-order chi connectivity index (χ0) is 52.8. The third-order valence-electron chi connectivity index (χ3n) is 15.1. The van der Waals surface area contributed by atoms with Gasteiger partial charge in [0.25, 0.3) is 11.7 Å². The van der Waals surface area contributed by atoms with Crippen LogP contribution in [-0.4, -0.2) is 155 Å². The number of cyclic esters (lactones) is 1. The molecule has 4 rings (SSSR count). The maximum absolute atomic E-state index is 14.2. The molecule has 4 aliphatic rings. The van der Waals surface area contributed by atoms with Crippen LogP contribution >= 0.6 is 0 Å². The number of allylic oxidation sites excluding steroid dienone is 6. The molecule has 17 nitrogen and oxygen atoms in total. The van der Waals surface area contributed by atoms with Crippen molar-refractivity contribution in [2.45, 2.75) is 174 Å². The summed E-state index contributed by atoms with van der Waals surface area (Å²) in [6.45, 7) is 13.7. The number of carbonyl (C=O) groups excluding carboxylic acids is 5. The second kappa shape index (κ2) is 27.7. The Morgan fingerprint density at radius 1 is 0.901 bits per heavy atom. The lowest BCUT2D eigenvalue weighted by Gasteiger charge is -2.42. The minimum absolute atomic E-state index is 0.0286. The highest BCUT2D eigenvalue weighted by atomic mass is 32.2. The summed E-state index contributed by atoms with van der Waals surface area (Å²) in [6.07, 6.45) is 12.2. The fourth-order valence-electron chi connectivity index (χ4n) is 10.0. The lowest BCUT2D eigenvalue weighted by Crippen LogP contribution is -2.59. The van der Waals surface area contributed by atoms with Gasteiger partial charge in [0.05, 0.1) is 37.8 Å². The largest absolute Gasteiger partial charge is 0.460 e. The Bertz CT molecular complexity index is 2050. The second-order valence-corrected chi connectivity index (χ2v) is 22.6. The van der Waals surface area contributed by atoms with Crippen molar-refractivity contribution in [3.63, 3.8) is 0 Å². The first-order valence-corrected chi connectivity index (χ1v) is 27.4. The van der Waals surface area contributed by atoms with Crippen LogP contribution in [0.25, 0.3) is 0 Å². The van der Waals surface area contributed by atoms with E-state index < -0.39 is 87.7 Å². The fourth-order valence-corrected chi connectivity index (χ4v) is 10.8. The molecule has 2 bridgehead atoms. The third-order valence-corrected chi connectivity index (χ3v) is 15.8. The van der Waals surface area contributed by atoms with E-state index in [1.807, 2.05) is 13.0 Å². The van der Waals surface area contributed by atoms with Crippen LogP contribution in [0, 0.1) is 35.5 Å². The molecule has 18 heteroatoms. The van der Waals surface area contributed by atoms with Crippen LogP contribution in [0.5, 0.6) is 0 Å². The number of methoxy groups -OCH3 is 2. The number of carbonyl (C=O) groups is 5. The number of Topliss-reactive ketones (excluding diaryl/α,β-unsaturated/α-hetero) is 3. The second-order valence-electron chi connectivity index (χ2n) is 20.8. The van der Waals surface area contributed by atoms with Gasteiger partial charge in [0.2, 0.25) is 15.8 Å². The molecule has 0 aromatic carbocycles. The molecule has 3 fully saturated rings. The van der Waals surface area contributed by atoms with Gasteiger partial charge in [0.1, 0.15) is 30.1 Å². The van der Waals surface area contributed by atoms with Crippen LogP contribution in [0.3, 0.4) is 0 Å². The molecule has 1 saturated carbocycles. The summed E-state index contributed by atoms with van der Waals surface area (Å²) < 4.78 is 63.2. The Morgan fingerprint density at radius 2 is 1.62 bits per heavy atom. The van der Waals surface area contributed by atoms with Crippen molar-refractivity contribution in [1.29, 1.82) is 0 Å². The van der Waals surface area contributed by atoms with Gasteiger partial charge in [-0.3, -0.25) is 19.2 Å². The number of fused-ring (bicyclic) bond motifs is 2. The van der Waals surface area contributed by atoms with Crippen LogP contribution in [0.4, 0.5) is 0 Å². The SMILES string of the molecule is COC1C(=O)C(C)CC\C=C/C=C\C=C(\C)C(NS(C)(=O)=O)C[C@H]2CC[C@H](C)[C@](O)(O2)C(=O)C(=O)N(C)C(C)C(=O)OC([C@H](C)C[C@@H]2CC[C@@H](OCC3CCOC3)[C@H](OC)C2)CC(=O)C(C)/C=C(/C)C1O. The van der Waals surface area contributed by atoms with Crippen molar-refractivity contribution >= 4 is 39.2 Å². The van der Waals surface area contributed by atoms with E-state index in [2.05, 4.69) is 4.72 Å². The van der Waals surface area contributed by atoms with Crippen molar-refractivity contribution in [2.75, 3.05) is 47.3 Å². The van der Waals surface area contributed by atoms with Gasteiger partial charge in [-0.1, -0.05) is 69.7 Å². The average Bonchev–Trinajstić information content (AvgIpc) is 3.86. The van der Waals surface area contributed by atoms with Crippen LogP contribution in [0.1, 0.15) is 119 Å². The molecule has 1 aliphatic carbocycles. The number of ether oxygens (including phenoxy) is 6. The smallest absolute Gasteiger partial charge is 0.328 e. The molecule has 0 spiro atoms. The zero-order valence-corrected chi connectivity index (χ0v) is 44.8. The molecule has 71 heavy (non-hydrogen) atoms. The fraction of sp³-hybridized carbons (Fsp3) is 0.755. The summed E-state index contributed by atoms with van der Waals surface area (Å²) in [5.74, 6) is -8.49. The van der Waals surface area contributed by atoms with Gasteiger partial charge in [0.15, 0.2) is 5.78 Å². The zero-order valence-electron chi connectivity index (χ0n) is 44.0. The quantitative estimate of drug-likeness (QED) is 0.142. The predicted octanol–water partition coefficient (Wildman–Crippen LogP) is 5.36. The van der Waals surface area contributed by atoms with E-state index in [0.717, 1.165) is 37.0 Å². The van der Waals surface area contributed by atoms with Crippen molar-refractivity contribution in [1.82, 2.24) is 9.62 Å². The molecule has 15 atom stereocenters. The molecule has 8 unspecified atom stereocenters. The highest BCUT2D eigenvalue weighted by Gasteiger charge is 2.52. The number of hydrogen-bond acceptors (Lipinski definition) is 15. The Kier molecular flexibility index (Phi) is 23.5. The standard InChI is InChI=1S/C53H84N2O15S/c1-32-17-15-13-12-14-16-18-33(2)47(57)49(66-10)48(58)36(5)25-34(3)43(56)29-45(35(4)26-39-20-22-44(46(27-39)65-9)68-31-40-23-24-67-30-40)69-52(61)38(7)55(8)51(60)50(59)53(62)37(6)19-21-41(70-53)28-42(32)54-71(11,63)64/h12-15,17,25,33-35,37-42,44-46,48-49,54,58,62H,16,18-24,26-31H2,1-11H3/b14-12-,15-13-,32-17-,36-25-/t33?,34?,35-,37+,38?,39+,40?,41-,42?,44-,45?,46-,48?,49?,53+/m1/s1.